The van der Waals surface area contributed by atoms with Crippen LogP contribution in [0, 0.1) is 6.92 Å². The highest BCUT2D eigenvalue weighted by atomic mass is 15.3. The molecular formula is C14H23N5. The second-order valence-electron chi connectivity index (χ2n) is 4.80. The van der Waals surface area contributed by atoms with Gasteiger partial charge in [0.25, 0.3) is 0 Å². The van der Waals surface area contributed by atoms with E-state index in [0.29, 0.717) is 0 Å². The molecule has 1 atom stereocenters. The highest BCUT2D eigenvalue weighted by Crippen LogP contribution is 2.17. The van der Waals surface area contributed by atoms with Gasteiger partial charge in [-0.2, -0.15) is 5.10 Å². The fraction of sp³-hybridized carbons (Fsp3) is 0.571. The van der Waals surface area contributed by atoms with Crippen LogP contribution < -0.4 is 5.32 Å². The van der Waals surface area contributed by atoms with E-state index in [9.17, 15) is 0 Å². The van der Waals surface area contributed by atoms with Crippen molar-refractivity contribution in [2.75, 3.05) is 6.54 Å². The molecule has 2 aromatic rings. The lowest BCUT2D eigenvalue weighted by Gasteiger charge is -2.18. The number of hydrogen-bond acceptors (Lipinski definition) is 3. The molecule has 19 heavy (non-hydrogen) atoms. The average molecular weight is 261 g/mol. The first-order valence-corrected chi connectivity index (χ1v) is 6.89. The van der Waals surface area contributed by atoms with Crippen molar-refractivity contribution in [2.45, 2.75) is 39.8 Å². The minimum atomic E-state index is 0.228. The van der Waals surface area contributed by atoms with Gasteiger partial charge in [0.05, 0.1) is 11.7 Å². The van der Waals surface area contributed by atoms with E-state index in [4.69, 9.17) is 0 Å². The van der Waals surface area contributed by atoms with Crippen LogP contribution >= 0.6 is 0 Å². The van der Waals surface area contributed by atoms with E-state index in [1.807, 2.05) is 26.4 Å². The third kappa shape index (κ3) is 3.04. The zero-order valence-electron chi connectivity index (χ0n) is 12.2. The Morgan fingerprint density at radius 2 is 2.16 bits per heavy atom. The zero-order valence-corrected chi connectivity index (χ0v) is 12.2. The number of nitrogens with one attached hydrogen (secondary N) is 1. The SMILES string of the molecule is CCNC(Cc1cc(C)nn1CC)c1nccn1C. The number of hydrogen-bond donors (Lipinski definition) is 1. The molecule has 0 fully saturated rings. The topological polar surface area (TPSA) is 47.7 Å². The third-order valence-corrected chi connectivity index (χ3v) is 3.32. The summed E-state index contributed by atoms with van der Waals surface area (Å²) in [6.07, 6.45) is 4.75. The smallest absolute Gasteiger partial charge is 0.125 e. The van der Waals surface area contributed by atoms with Crippen molar-refractivity contribution in [2.24, 2.45) is 7.05 Å². The van der Waals surface area contributed by atoms with Gasteiger partial charge in [-0.15, -0.1) is 0 Å². The van der Waals surface area contributed by atoms with Gasteiger partial charge in [0.2, 0.25) is 0 Å². The maximum Gasteiger partial charge on any atom is 0.125 e. The standard InChI is InChI=1S/C14H23N5/c1-5-15-13(14-16-7-8-18(14)4)10-12-9-11(3)17-19(12)6-2/h7-9,13,15H,5-6,10H2,1-4H3. The number of imidazole rings is 1. The Hall–Kier alpha value is -1.62. The summed E-state index contributed by atoms with van der Waals surface area (Å²) < 4.78 is 4.15. The summed E-state index contributed by atoms with van der Waals surface area (Å²) in [4.78, 5) is 4.46. The molecule has 5 heteroatoms. The first-order chi connectivity index (χ1) is 9.15. The fourth-order valence-electron chi connectivity index (χ4n) is 2.46. The van der Waals surface area contributed by atoms with Crippen molar-refractivity contribution in [3.63, 3.8) is 0 Å². The largest absolute Gasteiger partial charge is 0.337 e. The molecular weight excluding hydrogens is 238 g/mol. The Balaban J connectivity index is 2.23. The quantitative estimate of drug-likeness (QED) is 0.863. The summed E-state index contributed by atoms with van der Waals surface area (Å²) in [5.41, 5.74) is 2.33. The normalized spacial score (nSPS) is 12.8. The number of nitrogens with zero attached hydrogens (tertiary/aromatic N) is 4. The van der Waals surface area contributed by atoms with Crippen molar-refractivity contribution in [3.8, 4) is 0 Å². The second-order valence-corrected chi connectivity index (χ2v) is 4.80. The Morgan fingerprint density at radius 1 is 1.37 bits per heavy atom. The zero-order chi connectivity index (χ0) is 13.8. The summed E-state index contributed by atoms with van der Waals surface area (Å²) in [5, 5.41) is 8.02. The van der Waals surface area contributed by atoms with Crippen LogP contribution in [0.5, 0.6) is 0 Å². The van der Waals surface area contributed by atoms with E-state index in [-0.39, 0.29) is 6.04 Å². The summed E-state index contributed by atoms with van der Waals surface area (Å²) >= 11 is 0. The molecule has 0 amide bonds. The molecule has 2 rings (SSSR count). The van der Waals surface area contributed by atoms with Crippen molar-refractivity contribution >= 4 is 0 Å². The monoisotopic (exact) mass is 261 g/mol. The van der Waals surface area contributed by atoms with Gasteiger partial charge in [-0.1, -0.05) is 6.92 Å². The second kappa shape index (κ2) is 6.02. The van der Waals surface area contributed by atoms with Gasteiger partial charge in [0.15, 0.2) is 0 Å². The van der Waals surface area contributed by atoms with Gasteiger partial charge in [-0.05, 0) is 26.5 Å². The minimum absolute atomic E-state index is 0.228. The highest BCUT2D eigenvalue weighted by molar-refractivity contribution is 5.13. The van der Waals surface area contributed by atoms with Crippen LogP contribution in [-0.4, -0.2) is 25.9 Å². The average Bonchev–Trinajstić information content (AvgIpc) is 2.94. The van der Waals surface area contributed by atoms with E-state index in [2.05, 4.69) is 44.6 Å². The van der Waals surface area contributed by atoms with Crippen molar-refractivity contribution in [1.29, 1.82) is 0 Å². The van der Waals surface area contributed by atoms with E-state index in [1.165, 1.54) is 5.69 Å². The van der Waals surface area contributed by atoms with Crippen LogP contribution in [-0.2, 0) is 20.0 Å². The Bertz CT molecular complexity index is 526. The number of aromatic nitrogens is 4. The Morgan fingerprint density at radius 3 is 2.74 bits per heavy atom. The Kier molecular flexibility index (Phi) is 4.37. The summed E-state index contributed by atoms with van der Waals surface area (Å²) in [5.74, 6) is 1.07. The van der Waals surface area contributed by atoms with Crippen LogP contribution in [0.2, 0.25) is 0 Å². The highest BCUT2D eigenvalue weighted by Gasteiger charge is 2.17. The first-order valence-electron chi connectivity index (χ1n) is 6.89. The predicted octanol–water partition coefficient (Wildman–Crippen LogP) is 1.84. The van der Waals surface area contributed by atoms with Gasteiger partial charge in [-0.3, -0.25) is 4.68 Å². The third-order valence-electron chi connectivity index (χ3n) is 3.32. The predicted molar refractivity (Wildman–Crippen MR) is 76.0 cm³/mol. The molecule has 0 saturated heterocycles. The lowest BCUT2D eigenvalue weighted by Crippen LogP contribution is -2.26. The molecule has 1 N–H and O–H groups in total. The van der Waals surface area contributed by atoms with E-state index in [0.717, 1.165) is 31.0 Å². The van der Waals surface area contributed by atoms with Crippen molar-refractivity contribution < 1.29 is 0 Å². The summed E-state index contributed by atoms with van der Waals surface area (Å²) in [6, 6.07) is 2.39. The summed E-state index contributed by atoms with van der Waals surface area (Å²) in [6.45, 7) is 8.12. The molecule has 2 aromatic heterocycles. The minimum Gasteiger partial charge on any atom is -0.337 e. The molecule has 2 heterocycles. The first kappa shape index (κ1) is 13.8. The molecule has 0 bridgehead atoms. The lowest BCUT2D eigenvalue weighted by atomic mass is 10.1. The molecule has 0 aromatic carbocycles. The van der Waals surface area contributed by atoms with Gasteiger partial charge >= 0.3 is 0 Å². The van der Waals surface area contributed by atoms with E-state index in [1.54, 1.807) is 0 Å². The maximum atomic E-state index is 4.51. The molecule has 0 saturated carbocycles. The van der Waals surface area contributed by atoms with Crippen LogP contribution in [0.1, 0.15) is 37.1 Å². The van der Waals surface area contributed by atoms with E-state index >= 15 is 0 Å². The number of aryl methyl sites for hydroxylation is 3. The molecule has 104 valence electrons. The van der Waals surface area contributed by atoms with Crippen LogP contribution in [0.15, 0.2) is 18.5 Å². The van der Waals surface area contributed by atoms with Gasteiger partial charge in [-0.25, -0.2) is 4.98 Å². The van der Waals surface area contributed by atoms with Crippen molar-refractivity contribution in [3.05, 3.63) is 35.7 Å². The summed E-state index contributed by atoms with van der Waals surface area (Å²) in [7, 11) is 2.04. The molecule has 1 unspecified atom stereocenters. The molecule has 0 aliphatic heterocycles. The van der Waals surface area contributed by atoms with Gasteiger partial charge in [0, 0.05) is 38.1 Å². The molecule has 0 aliphatic carbocycles. The number of likely N-dealkylation sites (N-methyl/N-ethyl adjacent to an activating group) is 1. The van der Waals surface area contributed by atoms with Gasteiger partial charge < -0.3 is 9.88 Å². The maximum absolute atomic E-state index is 4.51. The molecule has 0 aliphatic rings. The fourth-order valence-corrected chi connectivity index (χ4v) is 2.46. The van der Waals surface area contributed by atoms with E-state index < -0.39 is 0 Å². The Labute approximate surface area is 114 Å². The molecule has 0 spiro atoms. The molecule has 5 nitrogen and oxygen atoms in total. The molecule has 0 radical (unpaired) electrons. The van der Waals surface area contributed by atoms with Crippen LogP contribution in [0.3, 0.4) is 0 Å². The van der Waals surface area contributed by atoms with Gasteiger partial charge in [0.1, 0.15) is 5.82 Å². The number of rotatable bonds is 6. The van der Waals surface area contributed by atoms with Crippen molar-refractivity contribution in [1.82, 2.24) is 24.6 Å². The van der Waals surface area contributed by atoms with Crippen LogP contribution in [0.4, 0.5) is 0 Å². The lowest BCUT2D eigenvalue weighted by molar-refractivity contribution is 0.484. The van der Waals surface area contributed by atoms with Crippen LogP contribution in [0.25, 0.3) is 0 Å².